The summed E-state index contributed by atoms with van der Waals surface area (Å²) < 4.78 is 7.77. The van der Waals surface area contributed by atoms with Crippen molar-refractivity contribution in [2.45, 2.75) is 44.8 Å². The summed E-state index contributed by atoms with van der Waals surface area (Å²) in [6, 6.07) is 0.0203. The number of carbonyl (C=O) groups is 1. The third kappa shape index (κ3) is 3.80. The molecule has 122 valence electrons. The van der Waals surface area contributed by atoms with E-state index in [-0.39, 0.29) is 6.03 Å². The van der Waals surface area contributed by atoms with Gasteiger partial charge in [-0.1, -0.05) is 0 Å². The lowest BCUT2D eigenvalue weighted by atomic mass is 9.97. The molecule has 2 aliphatic heterocycles. The van der Waals surface area contributed by atoms with Gasteiger partial charge in [0, 0.05) is 52.1 Å². The average molecular weight is 306 g/mol. The molecule has 1 fully saturated rings. The largest absolute Gasteiger partial charge is 0.378 e. The van der Waals surface area contributed by atoms with E-state index < -0.39 is 0 Å². The molecular weight excluding hydrogens is 280 g/mol. The number of aromatic nitrogens is 2. The van der Waals surface area contributed by atoms with Gasteiger partial charge in [-0.25, -0.2) is 9.78 Å². The van der Waals surface area contributed by atoms with E-state index in [0.717, 1.165) is 57.6 Å². The van der Waals surface area contributed by atoms with Gasteiger partial charge in [0.15, 0.2) is 0 Å². The lowest BCUT2D eigenvalue weighted by Crippen LogP contribution is -2.42. The number of urea groups is 1. The Bertz CT molecular complexity index is 496. The Balaban J connectivity index is 1.38. The summed E-state index contributed by atoms with van der Waals surface area (Å²) in [4.78, 5) is 18.3. The number of carbonyl (C=O) groups excluding carboxylic acids is 1. The van der Waals surface area contributed by atoms with Crippen molar-refractivity contribution in [3.8, 4) is 0 Å². The summed E-state index contributed by atoms with van der Waals surface area (Å²) >= 11 is 0. The second-order valence-corrected chi connectivity index (χ2v) is 6.43. The van der Waals surface area contributed by atoms with Gasteiger partial charge in [0.25, 0.3) is 0 Å². The van der Waals surface area contributed by atoms with Crippen molar-refractivity contribution in [2.75, 3.05) is 26.7 Å². The summed E-state index contributed by atoms with van der Waals surface area (Å²) in [5.74, 6) is 1.65. The molecule has 0 aromatic carbocycles. The van der Waals surface area contributed by atoms with Gasteiger partial charge in [0.1, 0.15) is 5.82 Å². The number of amides is 2. The topological polar surface area (TPSA) is 59.4 Å². The molecule has 22 heavy (non-hydrogen) atoms. The van der Waals surface area contributed by atoms with Crippen LogP contribution < -0.4 is 5.32 Å². The molecule has 3 heterocycles. The molecule has 0 bridgehead atoms. The standard InChI is InChI=1S/C16H26N4O2/c1-19(16(21)18-6-4-14-3-2-10-22-14)12-13-5-8-20-9-7-17-15(20)11-13/h7,9,13-14H,2-6,8,10-12H2,1H3,(H,18,21). The second-order valence-electron chi connectivity index (χ2n) is 6.43. The third-order valence-electron chi connectivity index (χ3n) is 4.70. The summed E-state index contributed by atoms with van der Waals surface area (Å²) in [5, 5.41) is 3.00. The number of imidazole rings is 1. The Morgan fingerprint density at radius 3 is 3.27 bits per heavy atom. The first-order valence-corrected chi connectivity index (χ1v) is 8.33. The molecule has 0 radical (unpaired) electrons. The summed E-state index contributed by atoms with van der Waals surface area (Å²) in [5.41, 5.74) is 0. The van der Waals surface area contributed by atoms with Crippen LogP contribution in [-0.2, 0) is 17.7 Å². The van der Waals surface area contributed by atoms with Crippen LogP contribution in [-0.4, -0.2) is 53.3 Å². The van der Waals surface area contributed by atoms with Gasteiger partial charge in [0.2, 0.25) is 0 Å². The predicted octanol–water partition coefficient (Wildman–Crippen LogP) is 1.66. The number of hydrogen-bond acceptors (Lipinski definition) is 3. The number of nitrogens with one attached hydrogen (secondary N) is 1. The molecule has 6 heteroatoms. The number of ether oxygens (including phenoxy) is 1. The quantitative estimate of drug-likeness (QED) is 0.900. The molecule has 2 atom stereocenters. The number of aryl methyl sites for hydroxylation is 1. The van der Waals surface area contributed by atoms with Crippen LogP contribution in [0.4, 0.5) is 4.79 Å². The molecular formula is C16H26N4O2. The predicted molar refractivity (Wildman–Crippen MR) is 83.7 cm³/mol. The maximum absolute atomic E-state index is 12.1. The van der Waals surface area contributed by atoms with Crippen LogP contribution >= 0.6 is 0 Å². The van der Waals surface area contributed by atoms with Gasteiger partial charge in [-0.05, 0) is 31.6 Å². The van der Waals surface area contributed by atoms with Gasteiger partial charge >= 0.3 is 6.03 Å². The molecule has 1 aromatic heterocycles. The van der Waals surface area contributed by atoms with Crippen LogP contribution in [0.25, 0.3) is 0 Å². The molecule has 6 nitrogen and oxygen atoms in total. The van der Waals surface area contributed by atoms with Gasteiger partial charge in [-0.2, -0.15) is 0 Å². The molecule has 3 rings (SSSR count). The molecule has 2 aliphatic rings. The lowest BCUT2D eigenvalue weighted by molar-refractivity contribution is 0.104. The fourth-order valence-electron chi connectivity index (χ4n) is 3.39. The number of fused-ring (bicyclic) bond motifs is 1. The lowest BCUT2D eigenvalue weighted by Gasteiger charge is -2.28. The van der Waals surface area contributed by atoms with Crippen molar-refractivity contribution in [3.05, 3.63) is 18.2 Å². The highest BCUT2D eigenvalue weighted by atomic mass is 16.5. The van der Waals surface area contributed by atoms with E-state index in [1.807, 2.05) is 19.4 Å². The van der Waals surface area contributed by atoms with Crippen molar-refractivity contribution >= 4 is 6.03 Å². The van der Waals surface area contributed by atoms with Crippen LogP contribution in [0.5, 0.6) is 0 Å². The maximum atomic E-state index is 12.1. The number of nitrogens with zero attached hydrogens (tertiary/aromatic N) is 3. The van der Waals surface area contributed by atoms with Crippen molar-refractivity contribution in [1.29, 1.82) is 0 Å². The van der Waals surface area contributed by atoms with Crippen molar-refractivity contribution in [3.63, 3.8) is 0 Å². The van der Waals surface area contributed by atoms with Crippen molar-refractivity contribution in [1.82, 2.24) is 19.8 Å². The first-order valence-electron chi connectivity index (χ1n) is 8.33. The van der Waals surface area contributed by atoms with Crippen LogP contribution in [0, 0.1) is 5.92 Å². The maximum Gasteiger partial charge on any atom is 0.317 e. The first kappa shape index (κ1) is 15.3. The molecule has 0 spiro atoms. The third-order valence-corrected chi connectivity index (χ3v) is 4.70. The van der Waals surface area contributed by atoms with Crippen LogP contribution in [0.15, 0.2) is 12.4 Å². The fraction of sp³-hybridized carbons (Fsp3) is 0.750. The molecule has 1 saturated heterocycles. The van der Waals surface area contributed by atoms with E-state index in [0.29, 0.717) is 18.6 Å². The van der Waals surface area contributed by atoms with Crippen LogP contribution in [0.1, 0.15) is 31.5 Å². The Morgan fingerprint density at radius 1 is 1.55 bits per heavy atom. The minimum Gasteiger partial charge on any atom is -0.378 e. The second kappa shape index (κ2) is 7.13. The molecule has 0 saturated carbocycles. The molecule has 1 aromatic rings. The first-order chi connectivity index (χ1) is 10.7. The smallest absolute Gasteiger partial charge is 0.317 e. The zero-order valence-electron chi connectivity index (χ0n) is 13.3. The molecule has 1 N–H and O–H groups in total. The SMILES string of the molecule is CN(CC1CCn2ccnc2C1)C(=O)NCCC1CCCO1. The van der Waals surface area contributed by atoms with Gasteiger partial charge in [-0.3, -0.25) is 0 Å². The van der Waals surface area contributed by atoms with E-state index in [2.05, 4.69) is 14.9 Å². The highest BCUT2D eigenvalue weighted by molar-refractivity contribution is 5.73. The van der Waals surface area contributed by atoms with E-state index in [1.165, 1.54) is 0 Å². The summed E-state index contributed by atoms with van der Waals surface area (Å²) in [6.45, 7) is 3.37. The number of rotatable bonds is 5. The zero-order valence-corrected chi connectivity index (χ0v) is 13.3. The Kier molecular flexibility index (Phi) is 4.97. The Morgan fingerprint density at radius 2 is 2.45 bits per heavy atom. The van der Waals surface area contributed by atoms with E-state index in [1.54, 1.807) is 4.90 Å². The minimum absolute atomic E-state index is 0.0203. The monoisotopic (exact) mass is 306 g/mol. The van der Waals surface area contributed by atoms with Gasteiger partial charge in [-0.15, -0.1) is 0 Å². The highest BCUT2D eigenvalue weighted by Crippen LogP contribution is 2.19. The fourth-order valence-corrected chi connectivity index (χ4v) is 3.39. The minimum atomic E-state index is 0.0203. The van der Waals surface area contributed by atoms with Gasteiger partial charge < -0.3 is 19.5 Å². The number of hydrogen-bond donors (Lipinski definition) is 1. The van der Waals surface area contributed by atoms with Crippen molar-refractivity contribution < 1.29 is 9.53 Å². The van der Waals surface area contributed by atoms with E-state index in [9.17, 15) is 4.79 Å². The Labute approximate surface area is 131 Å². The summed E-state index contributed by atoms with van der Waals surface area (Å²) in [6.07, 6.45) is 9.49. The average Bonchev–Trinajstić information content (AvgIpc) is 3.17. The van der Waals surface area contributed by atoms with Crippen molar-refractivity contribution in [2.24, 2.45) is 5.92 Å². The van der Waals surface area contributed by atoms with Gasteiger partial charge in [0.05, 0.1) is 6.10 Å². The van der Waals surface area contributed by atoms with Crippen LogP contribution in [0.3, 0.4) is 0 Å². The normalized spacial score (nSPS) is 24.0. The zero-order chi connectivity index (χ0) is 15.4. The molecule has 2 amide bonds. The van der Waals surface area contributed by atoms with E-state index >= 15 is 0 Å². The van der Waals surface area contributed by atoms with E-state index in [4.69, 9.17) is 4.74 Å². The summed E-state index contributed by atoms with van der Waals surface area (Å²) in [7, 11) is 1.88. The highest BCUT2D eigenvalue weighted by Gasteiger charge is 2.22. The molecule has 0 aliphatic carbocycles. The van der Waals surface area contributed by atoms with Crippen LogP contribution in [0.2, 0.25) is 0 Å². The Hall–Kier alpha value is -1.56. The molecule has 2 unspecified atom stereocenters.